The summed E-state index contributed by atoms with van der Waals surface area (Å²) in [4.78, 5) is 67.8. The molecule has 9 heteroatoms. The predicted molar refractivity (Wildman–Crippen MR) is 150 cm³/mol. The molecule has 2 aromatic rings. The zero-order valence-corrected chi connectivity index (χ0v) is 22.9. The van der Waals surface area contributed by atoms with Crippen molar-refractivity contribution >= 4 is 29.4 Å². The van der Waals surface area contributed by atoms with Crippen LogP contribution >= 0.6 is 0 Å². The van der Waals surface area contributed by atoms with Crippen molar-refractivity contribution in [1.82, 2.24) is 20.9 Å². The van der Waals surface area contributed by atoms with Gasteiger partial charge in [0.1, 0.15) is 23.9 Å². The maximum Gasteiger partial charge on any atom is 0.245 e. The largest absolute Gasteiger partial charge is 0.351 e. The van der Waals surface area contributed by atoms with Crippen LogP contribution in [0.15, 0.2) is 60.7 Å². The van der Waals surface area contributed by atoms with Crippen LogP contribution in [-0.2, 0) is 36.8 Å². The predicted octanol–water partition coefficient (Wildman–Crippen LogP) is 2.08. The first-order valence-corrected chi connectivity index (χ1v) is 14.1. The number of hydrogen-bond donors (Lipinski definition) is 3. The first-order chi connectivity index (χ1) is 19.3. The fraction of sp³-hybridized carbons (Fsp3) is 0.452. The molecule has 2 fully saturated rings. The molecule has 0 aliphatic carbocycles. The van der Waals surface area contributed by atoms with E-state index in [2.05, 4.69) is 16.0 Å². The van der Waals surface area contributed by atoms with Crippen molar-refractivity contribution in [3.8, 4) is 0 Å². The molecule has 0 bridgehead atoms. The van der Waals surface area contributed by atoms with Gasteiger partial charge in [-0.3, -0.25) is 24.0 Å². The van der Waals surface area contributed by atoms with Crippen molar-refractivity contribution in [3.05, 3.63) is 71.8 Å². The molecule has 4 unspecified atom stereocenters. The van der Waals surface area contributed by atoms with Crippen LogP contribution in [0, 0.1) is 0 Å². The molecular formula is C31H38N4O5. The number of benzene rings is 2. The normalized spacial score (nSPS) is 24.1. The van der Waals surface area contributed by atoms with E-state index in [4.69, 9.17) is 0 Å². The van der Waals surface area contributed by atoms with Gasteiger partial charge in [-0.25, -0.2) is 0 Å². The summed E-state index contributed by atoms with van der Waals surface area (Å²) in [5, 5.41) is 8.70. The monoisotopic (exact) mass is 546 g/mol. The molecular weight excluding hydrogens is 508 g/mol. The van der Waals surface area contributed by atoms with Crippen LogP contribution in [0.4, 0.5) is 0 Å². The molecule has 0 aromatic heterocycles. The summed E-state index contributed by atoms with van der Waals surface area (Å²) < 4.78 is 0. The topological polar surface area (TPSA) is 125 Å². The van der Waals surface area contributed by atoms with Crippen LogP contribution in [0.1, 0.15) is 56.6 Å². The Morgan fingerprint density at radius 1 is 0.825 bits per heavy atom. The lowest BCUT2D eigenvalue weighted by molar-refractivity contribution is -0.142. The molecule has 0 spiro atoms. The van der Waals surface area contributed by atoms with Crippen molar-refractivity contribution in [1.29, 1.82) is 0 Å². The highest BCUT2D eigenvalue weighted by atomic mass is 16.2. The van der Waals surface area contributed by atoms with Gasteiger partial charge in [-0.15, -0.1) is 0 Å². The first kappa shape index (κ1) is 29.0. The molecule has 212 valence electrons. The lowest BCUT2D eigenvalue weighted by Crippen LogP contribution is -2.56. The Bertz CT molecular complexity index is 1200. The third kappa shape index (κ3) is 7.77. The standard InChI is InChI=1S/C31H38N4O5/c1-2-24(36)15-16-25-31(40)35-17-9-14-27(35)30(39)32-23(18-21-10-5-3-6-11-21)20-28(37)33-26(29(38)34-25)19-22-12-7-4-8-13-22/h3-8,10-13,23,25-27H,2,9,14-20H2,1H3,(H,32,39)(H,33,37)(H,34,38). The third-order valence-electron chi connectivity index (χ3n) is 7.60. The minimum absolute atomic E-state index is 0.0152. The Labute approximate surface area is 235 Å². The van der Waals surface area contributed by atoms with Crippen LogP contribution in [0.5, 0.6) is 0 Å². The van der Waals surface area contributed by atoms with Gasteiger partial charge in [0.15, 0.2) is 0 Å². The Morgan fingerprint density at radius 2 is 1.48 bits per heavy atom. The maximum absolute atomic E-state index is 13.8. The third-order valence-corrected chi connectivity index (χ3v) is 7.60. The SMILES string of the molecule is CCC(=O)CCC1NC(=O)C(Cc2ccccc2)NC(=O)CC(Cc2ccccc2)NC(=O)C2CCCN2C1=O. The first-order valence-electron chi connectivity index (χ1n) is 14.1. The van der Waals surface area contributed by atoms with Gasteiger partial charge in [0.25, 0.3) is 0 Å². The highest BCUT2D eigenvalue weighted by Crippen LogP contribution is 2.21. The quantitative estimate of drug-likeness (QED) is 0.468. The number of rotatable bonds is 8. The Morgan fingerprint density at radius 3 is 2.12 bits per heavy atom. The van der Waals surface area contributed by atoms with Crippen LogP contribution in [-0.4, -0.2) is 65.0 Å². The highest BCUT2D eigenvalue weighted by Gasteiger charge is 2.39. The van der Waals surface area contributed by atoms with Gasteiger partial charge >= 0.3 is 0 Å². The fourth-order valence-corrected chi connectivity index (χ4v) is 5.42. The molecule has 0 radical (unpaired) electrons. The van der Waals surface area contributed by atoms with Crippen molar-refractivity contribution in [2.45, 2.75) is 82.5 Å². The Balaban J connectivity index is 1.65. The van der Waals surface area contributed by atoms with E-state index < -0.39 is 30.1 Å². The van der Waals surface area contributed by atoms with E-state index in [1.807, 2.05) is 60.7 Å². The van der Waals surface area contributed by atoms with Crippen molar-refractivity contribution in [2.24, 2.45) is 0 Å². The summed E-state index contributed by atoms with van der Waals surface area (Å²) in [6.07, 6.45) is 2.38. The Hall–Kier alpha value is -4.01. The lowest BCUT2D eigenvalue weighted by Gasteiger charge is -2.30. The van der Waals surface area contributed by atoms with Gasteiger partial charge in [-0.05, 0) is 36.8 Å². The summed E-state index contributed by atoms with van der Waals surface area (Å²) in [5.74, 6) is -1.57. The van der Waals surface area contributed by atoms with E-state index in [1.54, 1.807) is 6.92 Å². The number of amides is 4. The number of carbonyl (C=O) groups is 5. The molecule has 3 N–H and O–H groups in total. The second kappa shape index (κ2) is 13.9. The van der Waals surface area contributed by atoms with Crippen LogP contribution in [0.25, 0.3) is 0 Å². The van der Waals surface area contributed by atoms with Crippen LogP contribution in [0.3, 0.4) is 0 Å². The van der Waals surface area contributed by atoms with Gasteiger partial charge < -0.3 is 20.9 Å². The van der Waals surface area contributed by atoms with Crippen molar-refractivity contribution in [2.75, 3.05) is 6.54 Å². The van der Waals surface area contributed by atoms with E-state index in [9.17, 15) is 24.0 Å². The van der Waals surface area contributed by atoms with Crippen molar-refractivity contribution in [3.63, 3.8) is 0 Å². The molecule has 4 rings (SSSR count). The van der Waals surface area contributed by atoms with E-state index >= 15 is 0 Å². The second-order valence-electron chi connectivity index (χ2n) is 10.6. The second-order valence-corrected chi connectivity index (χ2v) is 10.6. The van der Waals surface area contributed by atoms with Gasteiger partial charge in [0.2, 0.25) is 23.6 Å². The number of nitrogens with one attached hydrogen (secondary N) is 3. The number of hydrogen-bond acceptors (Lipinski definition) is 5. The van der Waals surface area contributed by atoms with Crippen molar-refractivity contribution < 1.29 is 24.0 Å². The van der Waals surface area contributed by atoms with Gasteiger partial charge in [0.05, 0.1) is 0 Å². The zero-order chi connectivity index (χ0) is 28.5. The molecule has 9 nitrogen and oxygen atoms in total. The minimum Gasteiger partial charge on any atom is -0.351 e. The number of ketones is 1. The smallest absolute Gasteiger partial charge is 0.245 e. The molecule has 2 aromatic carbocycles. The molecule has 2 saturated heterocycles. The summed E-state index contributed by atoms with van der Waals surface area (Å²) in [5.41, 5.74) is 1.81. The minimum atomic E-state index is -0.979. The van der Waals surface area contributed by atoms with Crippen LogP contribution < -0.4 is 16.0 Å². The van der Waals surface area contributed by atoms with E-state index in [-0.39, 0.29) is 49.2 Å². The summed E-state index contributed by atoms with van der Waals surface area (Å²) in [6.45, 7) is 2.14. The molecule has 40 heavy (non-hydrogen) atoms. The average molecular weight is 547 g/mol. The number of carbonyl (C=O) groups excluding carboxylic acids is 5. The van der Waals surface area contributed by atoms with Gasteiger partial charge in [-0.2, -0.15) is 0 Å². The summed E-state index contributed by atoms with van der Waals surface area (Å²) in [7, 11) is 0. The van der Waals surface area contributed by atoms with Gasteiger partial charge in [0, 0.05) is 38.3 Å². The van der Waals surface area contributed by atoms with E-state index in [0.29, 0.717) is 32.2 Å². The van der Waals surface area contributed by atoms with E-state index in [0.717, 1.165) is 11.1 Å². The fourth-order valence-electron chi connectivity index (χ4n) is 5.42. The zero-order valence-electron chi connectivity index (χ0n) is 22.9. The number of Topliss-reactive ketones (excluding diaryl/α,β-unsaturated/α-hetero) is 1. The summed E-state index contributed by atoms with van der Waals surface area (Å²) >= 11 is 0. The maximum atomic E-state index is 13.8. The Kier molecular flexibility index (Phi) is 10.0. The molecule has 0 saturated carbocycles. The summed E-state index contributed by atoms with van der Waals surface area (Å²) in [6, 6.07) is 15.8. The molecule has 4 amide bonds. The highest BCUT2D eigenvalue weighted by molar-refractivity contribution is 5.95. The van der Waals surface area contributed by atoms with E-state index in [1.165, 1.54) is 4.90 Å². The number of nitrogens with zero attached hydrogens (tertiary/aromatic N) is 1. The van der Waals surface area contributed by atoms with Crippen LogP contribution in [0.2, 0.25) is 0 Å². The average Bonchev–Trinajstić information content (AvgIpc) is 3.45. The lowest BCUT2D eigenvalue weighted by atomic mass is 10.0. The molecule has 2 aliphatic rings. The molecule has 2 aliphatic heterocycles. The molecule has 2 heterocycles. The molecule has 4 atom stereocenters. The number of fused-ring (bicyclic) bond motifs is 1. The van der Waals surface area contributed by atoms with Gasteiger partial charge in [-0.1, -0.05) is 67.6 Å².